The molecule has 1 nitrogen and oxygen atoms in total. The molecule has 2 N–H and O–H groups in total. The van der Waals surface area contributed by atoms with Crippen molar-refractivity contribution >= 4 is 0 Å². The first-order chi connectivity index (χ1) is 8.34. The SMILES string of the molecule is C[C@H]1CCCC[C@]1(N)c1cccc(C(C)(C)C)c1. The van der Waals surface area contributed by atoms with Crippen molar-refractivity contribution in [3.05, 3.63) is 35.4 Å². The molecular formula is C17H27N. The zero-order valence-corrected chi connectivity index (χ0v) is 12.3. The van der Waals surface area contributed by atoms with Gasteiger partial charge in [0.25, 0.3) is 0 Å². The molecule has 0 heterocycles. The third-order valence-corrected chi connectivity index (χ3v) is 4.62. The van der Waals surface area contributed by atoms with Crippen molar-refractivity contribution < 1.29 is 0 Å². The number of hydrogen-bond donors (Lipinski definition) is 1. The summed E-state index contributed by atoms with van der Waals surface area (Å²) in [5.74, 6) is 0.585. The second-order valence-corrected chi connectivity index (χ2v) is 7.02. The topological polar surface area (TPSA) is 26.0 Å². The van der Waals surface area contributed by atoms with Crippen LogP contribution in [0.1, 0.15) is 64.5 Å². The van der Waals surface area contributed by atoms with Gasteiger partial charge in [-0.3, -0.25) is 0 Å². The van der Waals surface area contributed by atoms with Crippen molar-refractivity contribution in [3.8, 4) is 0 Å². The fraction of sp³-hybridized carbons (Fsp3) is 0.647. The molecule has 0 aliphatic heterocycles. The summed E-state index contributed by atoms with van der Waals surface area (Å²) in [4.78, 5) is 0. The van der Waals surface area contributed by atoms with Crippen LogP contribution >= 0.6 is 0 Å². The molecule has 18 heavy (non-hydrogen) atoms. The molecule has 1 aliphatic rings. The minimum atomic E-state index is -0.112. The highest BCUT2D eigenvalue weighted by atomic mass is 14.8. The summed E-state index contributed by atoms with van der Waals surface area (Å²) in [6.07, 6.45) is 4.98. The van der Waals surface area contributed by atoms with E-state index in [1.807, 2.05) is 0 Å². The summed E-state index contributed by atoms with van der Waals surface area (Å²) in [6.45, 7) is 9.10. The molecule has 2 rings (SSSR count). The maximum absolute atomic E-state index is 6.74. The van der Waals surface area contributed by atoms with Crippen LogP contribution in [-0.4, -0.2) is 0 Å². The zero-order valence-electron chi connectivity index (χ0n) is 12.3. The Morgan fingerprint density at radius 2 is 1.94 bits per heavy atom. The molecule has 1 aromatic carbocycles. The van der Waals surface area contributed by atoms with Crippen LogP contribution in [0.15, 0.2) is 24.3 Å². The first kappa shape index (κ1) is 13.6. The van der Waals surface area contributed by atoms with Gasteiger partial charge < -0.3 is 5.73 Å². The molecule has 100 valence electrons. The Kier molecular flexibility index (Phi) is 3.55. The van der Waals surface area contributed by atoms with Crippen LogP contribution in [0.25, 0.3) is 0 Å². The molecule has 0 aromatic heterocycles. The van der Waals surface area contributed by atoms with Crippen LogP contribution in [0.3, 0.4) is 0 Å². The second kappa shape index (κ2) is 4.70. The lowest BCUT2D eigenvalue weighted by Crippen LogP contribution is -2.45. The molecule has 2 atom stereocenters. The molecule has 1 heteroatoms. The van der Waals surface area contributed by atoms with E-state index < -0.39 is 0 Å². The third kappa shape index (κ3) is 2.47. The Labute approximate surface area is 112 Å². The van der Waals surface area contributed by atoms with Gasteiger partial charge in [0.05, 0.1) is 0 Å². The van der Waals surface area contributed by atoms with E-state index in [1.165, 1.54) is 30.4 Å². The van der Waals surface area contributed by atoms with Crippen LogP contribution < -0.4 is 5.73 Å². The minimum Gasteiger partial charge on any atom is -0.321 e. The van der Waals surface area contributed by atoms with Crippen molar-refractivity contribution in [2.75, 3.05) is 0 Å². The van der Waals surface area contributed by atoms with Gasteiger partial charge in [-0.05, 0) is 35.3 Å². The quantitative estimate of drug-likeness (QED) is 0.782. The molecular weight excluding hydrogens is 218 g/mol. The average Bonchev–Trinajstić information content (AvgIpc) is 2.32. The highest BCUT2D eigenvalue weighted by molar-refractivity contribution is 5.33. The van der Waals surface area contributed by atoms with Gasteiger partial charge in [0.2, 0.25) is 0 Å². The Morgan fingerprint density at radius 1 is 1.22 bits per heavy atom. The van der Waals surface area contributed by atoms with Gasteiger partial charge in [-0.25, -0.2) is 0 Å². The lowest BCUT2D eigenvalue weighted by Gasteiger charge is -2.40. The lowest BCUT2D eigenvalue weighted by molar-refractivity contribution is 0.206. The summed E-state index contributed by atoms with van der Waals surface area (Å²) < 4.78 is 0. The second-order valence-electron chi connectivity index (χ2n) is 7.02. The van der Waals surface area contributed by atoms with E-state index in [-0.39, 0.29) is 11.0 Å². The Morgan fingerprint density at radius 3 is 2.56 bits per heavy atom. The molecule has 1 saturated carbocycles. The Bertz CT molecular complexity index is 416. The van der Waals surface area contributed by atoms with Crippen LogP contribution in [-0.2, 0) is 11.0 Å². The predicted molar refractivity (Wildman–Crippen MR) is 78.6 cm³/mol. The van der Waals surface area contributed by atoms with E-state index >= 15 is 0 Å². The van der Waals surface area contributed by atoms with Crippen LogP contribution in [0.4, 0.5) is 0 Å². The highest BCUT2D eigenvalue weighted by Crippen LogP contribution is 2.40. The smallest absolute Gasteiger partial charge is 0.0435 e. The highest BCUT2D eigenvalue weighted by Gasteiger charge is 2.36. The molecule has 0 bridgehead atoms. The van der Waals surface area contributed by atoms with Crippen molar-refractivity contribution in [2.24, 2.45) is 11.7 Å². The number of rotatable bonds is 1. The van der Waals surface area contributed by atoms with Crippen LogP contribution in [0.2, 0.25) is 0 Å². The largest absolute Gasteiger partial charge is 0.321 e. The number of benzene rings is 1. The fourth-order valence-electron chi connectivity index (χ4n) is 3.08. The van der Waals surface area contributed by atoms with E-state index in [2.05, 4.69) is 52.0 Å². The standard InChI is InChI=1S/C17H27N/c1-13-8-5-6-11-17(13,18)15-10-7-9-14(12-15)16(2,3)4/h7,9-10,12-13H,5-6,8,11,18H2,1-4H3/t13-,17+/m0/s1. The first-order valence-electron chi connectivity index (χ1n) is 7.24. The van der Waals surface area contributed by atoms with Crippen molar-refractivity contribution in [1.29, 1.82) is 0 Å². The van der Waals surface area contributed by atoms with Gasteiger partial charge in [0, 0.05) is 5.54 Å². The molecule has 0 radical (unpaired) electrons. The molecule has 1 aliphatic carbocycles. The van der Waals surface area contributed by atoms with Gasteiger partial charge in [-0.15, -0.1) is 0 Å². The Balaban J connectivity index is 2.38. The fourth-order valence-corrected chi connectivity index (χ4v) is 3.08. The molecule has 0 spiro atoms. The van der Waals surface area contributed by atoms with E-state index in [9.17, 15) is 0 Å². The summed E-state index contributed by atoms with van der Waals surface area (Å²) in [5, 5.41) is 0. The summed E-state index contributed by atoms with van der Waals surface area (Å²) in [6, 6.07) is 8.95. The summed E-state index contributed by atoms with van der Waals surface area (Å²) in [7, 11) is 0. The van der Waals surface area contributed by atoms with E-state index in [4.69, 9.17) is 5.73 Å². The predicted octanol–water partition coefficient (Wildman–Crippen LogP) is 4.35. The average molecular weight is 245 g/mol. The van der Waals surface area contributed by atoms with Gasteiger partial charge >= 0.3 is 0 Å². The van der Waals surface area contributed by atoms with Gasteiger partial charge in [0.15, 0.2) is 0 Å². The van der Waals surface area contributed by atoms with Gasteiger partial charge in [0.1, 0.15) is 0 Å². The normalized spacial score (nSPS) is 29.3. The van der Waals surface area contributed by atoms with Crippen molar-refractivity contribution in [2.45, 2.75) is 64.3 Å². The van der Waals surface area contributed by atoms with Crippen molar-refractivity contribution in [1.82, 2.24) is 0 Å². The number of hydrogen-bond acceptors (Lipinski definition) is 1. The Hall–Kier alpha value is -0.820. The molecule has 0 unspecified atom stereocenters. The zero-order chi connectivity index (χ0) is 13.4. The third-order valence-electron chi connectivity index (χ3n) is 4.62. The van der Waals surface area contributed by atoms with Crippen LogP contribution in [0, 0.1) is 5.92 Å². The summed E-state index contributed by atoms with van der Waals surface area (Å²) >= 11 is 0. The van der Waals surface area contributed by atoms with E-state index in [0.717, 1.165) is 6.42 Å². The van der Waals surface area contributed by atoms with E-state index in [0.29, 0.717) is 5.92 Å². The van der Waals surface area contributed by atoms with Crippen LogP contribution in [0.5, 0.6) is 0 Å². The molecule has 1 fully saturated rings. The molecule has 0 amide bonds. The molecule has 0 saturated heterocycles. The maximum Gasteiger partial charge on any atom is 0.0435 e. The van der Waals surface area contributed by atoms with Gasteiger partial charge in [-0.1, -0.05) is 64.8 Å². The minimum absolute atomic E-state index is 0.112. The maximum atomic E-state index is 6.74. The first-order valence-corrected chi connectivity index (χ1v) is 7.24. The van der Waals surface area contributed by atoms with E-state index in [1.54, 1.807) is 0 Å². The molecule has 1 aromatic rings. The summed E-state index contributed by atoms with van der Waals surface area (Å²) in [5.41, 5.74) is 9.55. The van der Waals surface area contributed by atoms with Gasteiger partial charge in [-0.2, -0.15) is 0 Å². The number of nitrogens with two attached hydrogens (primary N) is 1. The lowest BCUT2D eigenvalue weighted by atomic mass is 9.69. The monoisotopic (exact) mass is 245 g/mol. The van der Waals surface area contributed by atoms with Crippen molar-refractivity contribution in [3.63, 3.8) is 0 Å².